The summed E-state index contributed by atoms with van der Waals surface area (Å²) >= 11 is 0. The molecule has 0 bridgehead atoms. The van der Waals surface area contributed by atoms with E-state index in [0.29, 0.717) is 11.5 Å². The van der Waals surface area contributed by atoms with E-state index in [4.69, 9.17) is 14.2 Å². The van der Waals surface area contributed by atoms with Gasteiger partial charge in [-0.3, -0.25) is 9.69 Å². The van der Waals surface area contributed by atoms with Gasteiger partial charge in [0.05, 0.1) is 33.9 Å². The van der Waals surface area contributed by atoms with Gasteiger partial charge in [0, 0.05) is 25.3 Å². The van der Waals surface area contributed by atoms with Gasteiger partial charge in [0.1, 0.15) is 0 Å². The van der Waals surface area contributed by atoms with Crippen molar-refractivity contribution in [2.75, 3.05) is 45.8 Å². The van der Waals surface area contributed by atoms with Crippen molar-refractivity contribution >= 4 is 11.6 Å². The van der Waals surface area contributed by atoms with Crippen LogP contribution in [-0.2, 0) is 22.5 Å². The number of ether oxygens (including phenoxy) is 3. The van der Waals surface area contributed by atoms with Crippen LogP contribution in [0.3, 0.4) is 0 Å². The van der Waals surface area contributed by atoms with E-state index in [1.165, 1.54) is 5.56 Å². The lowest BCUT2D eigenvalue weighted by Crippen LogP contribution is -2.35. The van der Waals surface area contributed by atoms with E-state index in [1.807, 2.05) is 30.3 Å². The van der Waals surface area contributed by atoms with Crippen LogP contribution >= 0.6 is 0 Å². The normalized spacial score (nSPS) is 14.6. The molecule has 1 amide bonds. The second-order valence-electron chi connectivity index (χ2n) is 6.50. The van der Waals surface area contributed by atoms with Crippen molar-refractivity contribution in [3.8, 4) is 11.5 Å². The van der Waals surface area contributed by atoms with Crippen LogP contribution < -0.4 is 14.8 Å². The van der Waals surface area contributed by atoms with Crippen LogP contribution in [-0.4, -0.2) is 51.3 Å². The number of rotatable bonds is 7. The Morgan fingerprint density at radius 3 is 2.33 bits per heavy atom. The van der Waals surface area contributed by atoms with E-state index in [1.54, 1.807) is 14.2 Å². The van der Waals surface area contributed by atoms with Crippen LogP contribution in [0.4, 0.5) is 5.69 Å². The van der Waals surface area contributed by atoms with Gasteiger partial charge in [0.15, 0.2) is 11.5 Å². The van der Waals surface area contributed by atoms with Gasteiger partial charge in [-0.1, -0.05) is 18.2 Å². The molecule has 1 N–H and O–H groups in total. The Kier molecular flexibility index (Phi) is 6.68. The van der Waals surface area contributed by atoms with Crippen LogP contribution in [0, 0.1) is 0 Å². The van der Waals surface area contributed by atoms with Gasteiger partial charge in [-0.15, -0.1) is 0 Å². The third-order valence-electron chi connectivity index (χ3n) is 4.56. The summed E-state index contributed by atoms with van der Waals surface area (Å²) in [5.41, 5.74) is 2.90. The number of amides is 1. The topological polar surface area (TPSA) is 60.0 Å². The Morgan fingerprint density at radius 2 is 1.67 bits per heavy atom. The van der Waals surface area contributed by atoms with Crippen molar-refractivity contribution < 1.29 is 19.0 Å². The zero-order valence-corrected chi connectivity index (χ0v) is 15.9. The van der Waals surface area contributed by atoms with Gasteiger partial charge in [-0.2, -0.15) is 0 Å². The molecule has 0 radical (unpaired) electrons. The van der Waals surface area contributed by atoms with Gasteiger partial charge in [-0.25, -0.2) is 0 Å². The predicted molar refractivity (Wildman–Crippen MR) is 104 cm³/mol. The van der Waals surface area contributed by atoms with Crippen molar-refractivity contribution in [3.05, 3.63) is 53.6 Å². The number of anilines is 1. The van der Waals surface area contributed by atoms with E-state index in [-0.39, 0.29) is 12.3 Å². The number of carbonyl (C=O) groups excluding carboxylic acids is 1. The summed E-state index contributed by atoms with van der Waals surface area (Å²) in [4.78, 5) is 14.7. The number of methoxy groups -OCH3 is 2. The van der Waals surface area contributed by atoms with Crippen molar-refractivity contribution in [2.45, 2.75) is 13.0 Å². The molecule has 6 nitrogen and oxygen atoms in total. The summed E-state index contributed by atoms with van der Waals surface area (Å²) in [7, 11) is 3.17. The van der Waals surface area contributed by atoms with Crippen molar-refractivity contribution in [2.24, 2.45) is 0 Å². The van der Waals surface area contributed by atoms with E-state index in [0.717, 1.165) is 44.1 Å². The first kappa shape index (κ1) is 19.2. The summed E-state index contributed by atoms with van der Waals surface area (Å²) < 4.78 is 15.9. The highest BCUT2D eigenvalue weighted by Gasteiger charge is 2.11. The molecule has 0 atom stereocenters. The third kappa shape index (κ3) is 5.45. The molecule has 0 aliphatic carbocycles. The molecule has 144 valence electrons. The maximum absolute atomic E-state index is 12.3. The number of nitrogens with one attached hydrogen (secondary N) is 1. The molecule has 27 heavy (non-hydrogen) atoms. The van der Waals surface area contributed by atoms with E-state index in [9.17, 15) is 4.79 Å². The van der Waals surface area contributed by atoms with Crippen molar-refractivity contribution in [3.63, 3.8) is 0 Å². The summed E-state index contributed by atoms with van der Waals surface area (Å²) in [5.74, 6) is 1.20. The highest BCUT2D eigenvalue weighted by Crippen LogP contribution is 2.27. The zero-order valence-electron chi connectivity index (χ0n) is 15.9. The number of hydrogen-bond acceptors (Lipinski definition) is 5. The van der Waals surface area contributed by atoms with Crippen LogP contribution in [0.2, 0.25) is 0 Å². The highest BCUT2D eigenvalue weighted by molar-refractivity contribution is 5.92. The standard InChI is InChI=1S/C21H26N2O4/c1-25-19-8-5-17(13-20(19)26-2)14-21(24)22-18-6-3-16(4-7-18)15-23-9-11-27-12-10-23/h3-8,13H,9-12,14-15H2,1-2H3,(H,22,24). The number of carbonyl (C=O) groups is 1. The Bertz CT molecular complexity index is 755. The molecular formula is C21H26N2O4. The highest BCUT2D eigenvalue weighted by atomic mass is 16.5. The Balaban J connectivity index is 1.54. The zero-order chi connectivity index (χ0) is 19.1. The minimum atomic E-state index is -0.0665. The first-order chi connectivity index (χ1) is 13.2. The molecule has 2 aromatic carbocycles. The maximum Gasteiger partial charge on any atom is 0.228 e. The molecule has 2 aromatic rings. The molecule has 1 aliphatic heterocycles. The van der Waals surface area contributed by atoms with Crippen LogP contribution in [0.15, 0.2) is 42.5 Å². The number of benzene rings is 2. The fourth-order valence-corrected chi connectivity index (χ4v) is 3.09. The fourth-order valence-electron chi connectivity index (χ4n) is 3.09. The van der Waals surface area contributed by atoms with Gasteiger partial charge >= 0.3 is 0 Å². The Labute approximate surface area is 160 Å². The first-order valence-electron chi connectivity index (χ1n) is 9.07. The lowest BCUT2D eigenvalue weighted by atomic mass is 10.1. The molecule has 1 fully saturated rings. The van der Waals surface area contributed by atoms with Gasteiger partial charge < -0.3 is 19.5 Å². The summed E-state index contributed by atoms with van der Waals surface area (Å²) in [6, 6.07) is 13.5. The molecule has 1 heterocycles. The molecule has 6 heteroatoms. The predicted octanol–water partition coefficient (Wildman–Crippen LogP) is 2.72. The van der Waals surface area contributed by atoms with Gasteiger partial charge in [-0.05, 0) is 35.4 Å². The average molecular weight is 370 g/mol. The molecule has 1 aliphatic rings. The fraction of sp³-hybridized carbons (Fsp3) is 0.381. The molecule has 0 aromatic heterocycles. The summed E-state index contributed by atoms with van der Waals surface area (Å²) in [6.07, 6.45) is 0.274. The second-order valence-corrected chi connectivity index (χ2v) is 6.50. The molecule has 1 saturated heterocycles. The van der Waals surface area contributed by atoms with Crippen LogP contribution in [0.5, 0.6) is 11.5 Å². The van der Waals surface area contributed by atoms with Crippen LogP contribution in [0.1, 0.15) is 11.1 Å². The van der Waals surface area contributed by atoms with Crippen molar-refractivity contribution in [1.82, 2.24) is 4.90 Å². The van der Waals surface area contributed by atoms with Gasteiger partial charge in [0.25, 0.3) is 0 Å². The maximum atomic E-state index is 12.3. The second kappa shape index (κ2) is 9.39. The first-order valence-corrected chi connectivity index (χ1v) is 9.07. The Hall–Kier alpha value is -2.57. The largest absolute Gasteiger partial charge is 0.493 e. The minimum absolute atomic E-state index is 0.0665. The number of hydrogen-bond donors (Lipinski definition) is 1. The minimum Gasteiger partial charge on any atom is -0.493 e. The molecule has 0 unspecified atom stereocenters. The molecule has 3 rings (SSSR count). The summed E-state index contributed by atoms with van der Waals surface area (Å²) in [5, 5.41) is 2.94. The van der Waals surface area contributed by atoms with Crippen molar-refractivity contribution in [1.29, 1.82) is 0 Å². The molecular weight excluding hydrogens is 344 g/mol. The molecule has 0 spiro atoms. The lowest BCUT2D eigenvalue weighted by molar-refractivity contribution is -0.115. The monoisotopic (exact) mass is 370 g/mol. The SMILES string of the molecule is COc1ccc(CC(=O)Nc2ccc(CN3CCOCC3)cc2)cc1OC. The van der Waals surface area contributed by atoms with E-state index in [2.05, 4.69) is 22.3 Å². The average Bonchev–Trinajstić information content (AvgIpc) is 2.70. The molecule has 0 saturated carbocycles. The number of morpholine rings is 1. The third-order valence-corrected chi connectivity index (χ3v) is 4.56. The van der Waals surface area contributed by atoms with Crippen LogP contribution in [0.25, 0.3) is 0 Å². The van der Waals surface area contributed by atoms with E-state index < -0.39 is 0 Å². The summed E-state index contributed by atoms with van der Waals surface area (Å²) in [6.45, 7) is 4.42. The quantitative estimate of drug-likeness (QED) is 0.812. The lowest BCUT2D eigenvalue weighted by Gasteiger charge is -2.26. The Morgan fingerprint density at radius 1 is 1.00 bits per heavy atom. The smallest absolute Gasteiger partial charge is 0.228 e. The van der Waals surface area contributed by atoms with Gasteiger partial charge in [0.2, 0.25) is 5.91 Å². The van der Waals surface area contributed by atoms with E-state index >= 15 is 0 Å². The number of nitrogens with zero attached hydrogens (tertiary/aromatic N) is 1.